The van der Waals surface area contributed by atoms with Crippen LogP contribution < -0.4 is 10.6 Å². The number of unbranched alkanes of at least 4 members (excludes halogenated alkanes) is 8. The molecular formula is C30H52N8O8. The molecule has 0 aliphatic heterocycles. The number of amides is 2. The van der Waals surface area contributed by atoms with Crippen molar-refractivity contribution in [2.75, 3.05) is 13.1 Å². The van der Waals surface area contributed by atoms with Gasteiger partial charge < -0.3 is 20.8 Å². The van der Waals surface area contributed by atoms with Crippen molar-refractivity contribution in [1.82, 2.24) is 10.6 Å². The summed E-state index contributed by atoms with van der Waals surface area (Å²) in [7, 11) is 0. The molecule has 0 bridgehead atoms. The molecule has 46 heavy (non-hydrogen) atoms. The second-order valence-electron chi connectivity index (χ2n) is 10.8. The molecule has 16 nitrogen and oxygen atoms in total. The second kappa shape index (κ2) is 30.8. The predicted octanol–water partition coefficient (Wildman–Crippen LogP) is 5.93. The molecule has 0 aliphatic rings. The number of azide groups is 2. The summed E-state index contributed by atoms with van der Waals surface area (Å²) in [6.07, 6.45) is 10.5. The van der Waals surface area contributed by atoms with Crippen LogP contribution in [0, 0.1) is 0 Å². The molecule has 16 heteroatoms. The van der Waals surface area contributed by atoms with Crippen LogP contribution in [0.25, 0.3) is 20.9 Å². The molecule has 0 aliphatic carbocycles. The molecule has 0 fully saturated rings. The summed E-state index contributed by atoms with van der Waals surface area (Å²) in [5, 5.41) is 29.7. The van der Waals surface area contributed by atoms with Gasteiger partial charge in [0.2, 0.25) is 11.8 Å². The van der Waals surface area contributed by atoms with Crippen molar-refractivity contribution in [2.24, 2.45) is 10.2 Å². The van der Waals surface area contributed by atoms with E-state index >= 15 is 0 Å². The Hall–Kier alpha value is -4.16. The number of hydrogen-bond donors (Lipinski definition) is 4. The van der Waals surface area contributed by atoms with Crippen LogP contribution in [0.1, 0.15) is 129 Å². The first-order chi connectivity index (χ1) is 22.0. The number of ketones is 2. The Morgan fingerprint density at radius 1 is 0.565 bits per heavy atom. The molecule has 0 rings (SSSR count). The molecule has 0 aromatic heterocycles. The van der Waals surface area contributed by atoms with Gasteiger partial charge in [-0.25, -0.2) is 9.59 Å². The average Bonchev–Trinajstić information content (AvgIpc) is 3.01. The molecule has 4 N–H and O–H groups in total. The van der Waals surface area contributed by atoms with E-state index in [-0.39, 0.29) is 37.2 Å². The molecular weight excluding hydrogens is 600 g/mol. The van der Waals surface area contributed by atoms with E-state index in [4.69, 9.17) is 21.3 Å². The Morgan fingerprint density at radius 2 is 0.913 bits per heavy atom. The molecule has 0 aromatic rings. The predicted molar refractivity (Wildman–Crippen MR) is 172 cm³/mol. The minimum atomic E-state index is -1.20. The highest BCUT2D eigenvalue weighted by atomic mass is 16.4. The SMILES string of the molecule is CCCCCCC(=O)C[C@H](NC(=O)CCCCN=[N+]=[N-])C(=O)O.CCCCCCC(=O)C[C@H](NC(=O)CCCCN=[N+]=[N-])C(=O)O. The highest BCUT2D eigenvalue weighted by molar-refractivity contribution is 5.90. The number of carboxylic acids is 2. The number of nitrogens with one attached hydrogen (secondary N) is 2. The Balaban J connectivity index is 0. The summed E-state index contributed by atoms with van der Waals surface area (Å²) in [4.78, 5) is 74.4. The van der Waals surface area contributed by atoms with Crippen LogP contribution >= 0.6 is 0 Å². The van der Waals surface area contributed by atoms with E-state index < -0.39 is 35.8 Å². The molecule has 0 radical (unpaired) electrons. The lowest BCUT2D eigenvalue weighted by Crippen LogP contribution is -2.42. The fourth-order valence-corrected chi connectivity index (χ4v) is 4.12. The van der Waals surface area contributed by atoms with Gasteiger partial charge in [-0.2, -0.15) is 0 Å². The molecule has 0 spiro atoms. The molecule has 0 unspecified atom stereocenters. The van der Waals surface area contributed by atoms with Crippen LogP contribution in [-0.2, 0) is 28.8 Å². The third kappa shape index (κ3) is 28.6. The zero-order valence-electron chi connectivity index (χ0n) is 27.3. The van der Waals surface area contributed by atoms with Crippen LogP contribution in [-0.4, -0.2) is 70.7 Å². The topological polar surface area (TPSA) is 264 Å². The van der Waals surface area contributed by atoms with Crippen molar-refractivity contribution in [3.05, 3.63) is 20.9 Å². The van der Waals surface area contributed by atoms with Crippen molar-refractivity contribution >= 4 is 35.3 Å². The highest BCUT2D eigenvalue weighted by Gasteiger charge is 2.23. The number of aliphatic carboxylic acids is 2. The van der Waals surface area contributed by atoms with E-state index in [0.717, 1.165) is 51.4 Å². The third-order valence-electron chi connectivity index (χ3n) is 6.70. The van der Waals surface area contributed by atoms with Gasteiger partial charge in [-0.3, -0.25) is 19.2 Å². The quantitative estimate of drug-likeness (QED) is 0.0339. The van der Waals surface area contributed by atoms with Gasteiger partial charge in [0, 0.05) is 61.4 Å². The number of carboxylic acid groups (broad SMARTS) is 2. The number of hydrogen-bond acceptors (Lipinski definition) is 8. The van der Waals surface area contributed by atoms with Gasteiger partial charge in [-0.15, -0.1) is 0 Å². The first-order valence-corrected chi connectivity index (χ1v) is 16.1. The first kappa shape index (κ1) is 44.0. The van der Waals surface area contributed by atoms with Crippen molar-refractivity contribution in [3.8, 4) is 0 Å². The van der Waals surface area contributed by atoms with Crippen LogP contribution in [0.3, 0.4) is 0 Å². The summed E-state index contributed by atoms with van der Waals surface area (Å²) >= 11 is 0. The fourth-order valence-electron chi connectivity index (χ4n) is 4.12. The molecule has 2 amide bonds. The molecule has 2 atom stereocenters. The lowest BCUT2D eigenvalue weighted by Gasteiger charge is -2.13. The van der Waals surface area contributed by atoms with Crippen molar-refractivity contribution < 1.29 is 39.0 Å². The number of Topliss-reactive ketones (excluding diaryl/α,β-unsaturated/α-hetero) is 2. The summed E-state index contributed by atoms with van der Waals surface area (Å²) in [6, 6.07) is -2.34. The number of carbonyl (C=O) groups is 6. The lowest BCUT2D eigenvalue weighted by molar-refractivity contribution is -0.143. The largest absolute Gasteiger partial charge is 0.480 e. The third-order valence-corrected chi connectivity index (χ3v) is 6.70. The van der Waals surface area contributed by atoms with Crippen LogP contribution in [0.15, 0.2) is 10.2 Å². The monoisotopic (exact) mass is 652 g/mol. The van der Waals surface area contributed by atoms with Gasteiger partial charge in [0.05, 0.1) is 0 Å². The fraction of sp³-hybridized carbons (Fsp3) is 0.800. The van der Waals surface area contributed by atoms with Crippen LogP contribution in [0.5, 0.6) is 0 Å². The molecule has 0 heterocycles. The zero-order valence-corrected chi connectivity index (χ0v) is 27.3. The smallest absolute Gasteiger partial charge is 0.326 e. The number of rotatable bonds is 28. The van der Waals surface area contributed by atoms with Crippen molar-refractivity contribution in [3.63, 3.8) is 0 Å². The van der Waals surface area contributed by atoms with Gasteiger partial charge >= 0.3 is 11.9 Å². The van der Waals surface area contributed by atoms with Crippen LogP contribution in [0.4, 0.5) is 0 Å². The van der Waals surface area contributed by atoms with Gasteiger partial charge in [0.25, 0.3) is 0 Å². The Morgan fingerprint density at radius 3 is 1.22 bits per heavy atom. The maximum absolute atomic E-state index is 11.8. The van der Waals surface area contributed by atoms with E-state index in [1.807, 2.05) is 0 Å². The summed E-state index contributed by atoms with van der Waals surface area (Å²) in [5.41, 5.74) is 16.2. The van der Waals surface area contributed by atoms with Gasteiger partial charge in [0.1, 0.15) is 23.7 Å². The average molecular weight is 653 g/mol. The van der Waals surface area contributed by atoms with E-state index in [0.29, 0.717) is 51.6 Å². The number of nitrogens with zero attached hydrogens (tertiary/aromatic N) is 6. The Bertz CT molecular complexity index is 946. The van der Waals surface area contributed by atoms with Gasteiger partial charge in [0.15, 0.2) is 0 Å². The maximum atomic E-state index is 11.8. The molecule has 0 saturated heterocycles. The van der Waals surface area contributed by atoms with Gasteiger partial charge in [-0.1, -0.05) is 62.6 Å². The second-order valence-corrected chi connectivity index (χ2v) is 10.8. The molecule has 0 aromatic carbocycles. The minimum absolute atomic E-state index is 0.142. The zero-order chi connectivity index (χ0) is 35.0. The highest BCUT2D eigenvalue weighted by Crippen LogP contribution is 2.08. The van der Waals surface area contributed by atoms with Crippen molar-refractivity contribution in [1.29, 1.82) is 0 Å². The Kier molecular flexibility index (Phi) is 29.5. The standard InChI is InChI=1S/2C15H26N4O4/c2*1-2-3-4-5-8-12(20)11-13(15(22)23)18-14(21)9-6-7-10-17-19-16/h2*13H,2-11H2,1H3,(H,18,21)(H,22,23)/t2*13-/m00/s1. The van der Waals surface area contributed by atoms with E-state index in [9.17, 15) is 28.8 Å². The molecule has 260 valence electrons. The lowest BCUT2D eigenvalue weighted by atomic mass is 10.0. The summed E-state index contributed by atoms with van der Waals surface area (Å²) in [6.45, 7) is 4.76. The maximum Gasteiger partial charge on any atom is 0.326 e. The summed E-state index contributed by atoms with van der Waals surface area (Å²) < 4.78 is 0. The van der Waals surface area contributed by atoms with Crippen molar-refractivity contribution in [2.45, 2.75) is 142 Å². The van der Waals surface area contributed by atoms with Crippen LogP contribution in [0.2, 0.25) is 0 Å². The normalized spacial score (nSPS) is 11.3. The summed E-state index contributed by atoms with van der Waals surface area (Å²) in [5.74, 6) is -3.49. The van der Waals surface area contributed by atoms with E-state index in [1.165, 1.54) is 0 Å². The van der Waals surface area contributed by atoms with Gasteiger partial charge in [-0.05, 0) is 49.6 Å². The van der Waals surface area contributed by atoms with E-state index in [1.54, 1.807) is 0 Å². The van der Waals surface area contributed by atoms with E-state index in [2.05, 4.69) is 44.5 Å². The number of carbonyl (C=O) groups excluding carboxylic acids is 4. The minimum Gasteiger partial charge on any atom is -0.480 e. The Labute approximate surface area is 270 Å². The molecule has 0 saturated carbocycles. The first-order valence-electron chi connectivity index (χ1n) is 16.1.